The van der Waals surface area contributed by atoms with Crippen LogP contribution in [0.3, 0.4) is 0 Å². The molecule has 2 amide bonds. The Labute approximate surface area is 239 Å². The van der Waals surface area contributed by atoms with Crippen LogP contribution in [0.5, 0.6) is 11.5 Å². The number of carbonyl (C=O) groups excluding carboxylic acids is 2. The molecule has 40 heavy (non-hydrogen) atoms. The van der Waals surface area contributed by atoms with Gasteiger partial charge in [-0.05, 0) is 0 Å². The van der Waals surface area contributed by atoms with E-state index in [1.807, 2.05) is 73.7 Å². The predicted octanol–water partition coefficient (Wildman–Crippen LogP) is 2.92. The van der Waals surface area contributed by atoms with Crippen LogP contribution in [0.2, 0.25) is 0 Å². The van der Waals surface area contributed by atoms with Gasteiger partial charge in [0, 0.05) is 0 Å². The van der Waals surface area contributed by atoms with Gasteiger partial charge in [0.2, 0.25) is 0 Å². The quantitative estimate of drug-likeness (QED) is 0.291. The first-order valence-electron chi connectivity index (χ1n) is 13.0. The van der Waals surface area contributed by atoms with Crippen LogP contribution in [0.4, 0.5) is 11.4 Å². The van der Waals surface area contributed by atoms with Crippen LogP contribution < -0.4 is 23.7 Å². The van der Waals surface area contributed by atoms with Crippen molar-refractivity contribution in [2.24, 2.45) is 0 Å². The van der Waals surface area contributed by atoms with Gasteiger partial charge in [0.15, 0.2) is 0 Å². The summed E-state index contributed by atoms with van der Waals surface area (Å²) in [7, 11) is 4.74. The average molecular weight is 606 g/mol. The third-order valence-electron chi connectivity index (χ3n) is 7.99. The number of hydrogen-bond donors (Lipinski definition) is 0. The first-order chi connectivity index (χ1) is 19.4. The summed E-state index contributed by atoms with van der Waals surface area (Å²) in [5, 5.41) is 0. The third kappa shape index (κ3) is 3.96. The number of anilines is 2. The summed E-state index contributed by atoms with van der Waals surface area (Å²) < 4.78 is 25.3. The summed E-state index contributed by atoms with van der Waals surface area (Å²) >= 11 is 0.00592. The van der Waals surface area contributed by atoms with E-state index in [2.05, 4.69) is 12.1 Å². The molecular formula is C31H30N2O6Se. The molecule has 0 unspecified atom stereocenters. The molecule has 3 aliphatic heterocycles. The molecule has 3 aromatic rings. The first-order valence-corrected chi connectivity index (χ1v) is 14.7. The van der Waals surface area contributed by atoms with Crippen LogP contribution in [0.1, 0.15) is 6.92 Å². The molecule has 3 heterocycles. The SMILES string of the molecule is COc1ccc(N2C(=O)[C@H](OC)[C@@H]2[C@@H]2N(c3ccc(OC)cc3)C(=O)[C@]23OCC([Se]c2ccccc2)=C3C)cc1. The van der Waals surface area contributed by atoms with Crippen LogP contribution >= 0.6 is 0 Å². The van der Waals surface area contributed by atoms with Crippen molar-refractivity contribution in [3.63, 3.8) is 0 Å². The summed E-state index contributed by atoms with van der Waals surface area (Å²) in [4.78, 5) is 31.1. The molecule has 0 bridgehead atoms. The second-order valence-electron chi connectivity index (χ2n) is 9.86. The van der Waals surface area contributed by atoms with Gasteiger partial charge in [-0.2, -0.15) is 0 Å². The molecule has 4 atom stereocenters. The first kappa shape index (κ1) is 26.6. The van der Waals surface area contributed by atoms with Crippen molar-refractivity contribution in [2.45, 2.75) is 30.7 Å². The number of benzene rings is 3. The number of β-lactam (4-membered cyclic amide) rings is 2. The molecule has 3 aromatic carbocycles. The van der Waals surface area contributed by atoms with Crippen molar-refractivity contribution in [1.82, 2.24) is 0 Å². The van der Waals surface area contributed by atoms with E-state index < -0.39 is 23.8 Å². The Morgan fingerprint density at radius 1 is 0.825 bits per heavy atom. The van der Waals surface area contributed by atoms with Crippen molar-refractivity contribution >= 4 is 42.6 Å². The molecule has 3 aliphatic rings. The molecule has 9 heteroatoms. The Hall–Kier alpha value is -3.62. The number of hydrogen-bond acceptors (Lipinski definition) is 6. The summed E-state index contributed by atoms with van der Waals surface area (Å²) in [6, 6.07) is 24.0. The van der Waals surface area contributed by atoms with Crippen LogP contribution in [0, 0.1) is 0 Å². The van der Waals surface area contributed by atoms with Gasteiger partial charge in [-0.15, -0.1) is 0 Å². The summed E-state index contributed by atoms with van der Waals surface area (Å²) in [5.41, 5.74) is 1.17. The number of rotatable bonds is 8. The van der Waals surface area contributed by atoms with E-state index in [1.54, 1.807) is 24.0 Å². The summed E-state index contributed by atoms with van der Waals surface area (Å²) in [6.07, 6.45) is -0.724. The zero-order chi connectivity index (χ0) is 28.0. The van der Waals surface area contributed by atoms with E-state index in [-0.39, 0.29) is 26.8 Å². The average Bonchev–Trinajstić information content (AvgIpc) is 3.33. The summed E-state index contributed by atoms with van der Waals surface area (Å²) in [5.74, 6) is 1.09. The fraction of sp³-hybridized carbons (Fsp3) is 0.290. The van der Waals surface area contributed by atoms with Gasteiger partial charge in [-0.3, -0.25) is 0 Å². The van der Waals surface area contributed by atoms with Gasteiger partial charge in [0.1, 0.15) is 0 Å². The maximum absolute atomic E-state index is 14.2. The molecule has 2 saturated heterocycles. The standard InChI is InChI=1S/C31H30N2O6Se/c1-19-25(40-24-8-6-5-7-9-24)18-39-31(19)28(33(30(31)35)21-12-16-23(37-3)17-13-21)26-27(38-4)29(34)32(26)20-10-14-22(36-2)15-11-20/h5-17,26-28H,18H2,1-4H3/t26-,27-,28+,31-/m1/s1. The Balaban J connectivity index is 1.44. The van der Waals surface area contributed by atoms with E-state index >= 15 is 0 Å². The predicted molar refractivity (Wildman–Crippen MR) is 153 cm³/mol. The Morgan fingerprint density at radius 3 is 1.95 bits per heavy atom. The minimum absolute atomic E-state index is 0.00592. The zero-order valence-corrected chi connectivity index (χ0v) is 24.4. The topological polar surface area (TPSA) is 77.5 Å². The fourth-order valence-electron chi connectivity index (χ4n) is 5.90. The molecule has 0 N–H and O–H groups in total. The number of methoxy groups -OCH3 is 3. The van der Waals surface area contributed by atoms with Crippen LogP contribution in [-0.2, 0) is 19.1 Å². The maximum atomic E-state index is 14.2. The van der Waals surface area contributed by atoms with E-state index in [0.29, 0.717) is 29.5 Å². The van der Waals surface area contributed by atoms with Gasteiger partial charge in [0.25, 0.3) is 0 Å². The Bertz CT molecular complexity index is 1460. The van der Waals surface area contributed by atoms with Gasteiger partial charge in [0.05, 0.1) is 0 Å². The number of ether oxygens (including phenoxy) is 4. The second kappa shape index (κ2) is 10.4. The van der Waals surface area contributed by atoms with Gasteiger partial charge in [-0.1, -0.05) is 0 Å². The Morgan fingerprint density at radius 2 is 1.40 bits per heavy atom. The minimum atomic E-state index is -1.18. The fourth-order valence-corrected chi connectivity index (χ4v) is 8.00. The van der Waals surface area contributed by atoms with Crippen molar-refractivity contribution in [2.75, 3.05) is 37.7 Å². The van der Waals surface area contributed by atoms with E-state index in [9.17, 15) is 9.59 Å². The summed E-state index contributed by atoms with van der Waals surface area (Å²) in [6.45, 7) is 2.38. The molecule has 2 fully saturated rings. The van der Waals surface area contributed by atoms with Crippen molar-refractivity contribution < 1.29 is 28.5 Å². The van der Waals surface area contributed by atoms with E-state index in [4.69, 9.17) is 18.9 Å². The molecule has 8 nitrogen and oxygen atoms in total. The molecule has 0 saturated carbocycles. The number of amides is 2. The third-order valence-corrected chi connectivity index (χ3v) is 10.5. The van der Waals surface area contributed by atoms with Crippen molar-refractivity contribution in [3.8, 4) is 11.5 Å². The van der Waals surface area contributed by atoms with Crippen LogP contribution in [0.15, 0.2) is 88.9 Å². The van der Waals surface area contributed by atoms with Gasteiger partial charge in [-0.25, -0.2) is 0 Å². The monoisotopic (exact) mass is 606 g/mol. The molecule has 0 radical (unpaired) electrons. The second-order valence-corrected chi connectivity index (χ2v) is 12.3. The van der Waals surface area contributed by atoms with E-state index in [0.717, 1.165) is 10.0 Å². The molecule has 0 aromatic heterocycles. The van der Waals surface area contributed by atoms with Crippen molar-refractivity contribution in [3.05, 3.63) is 88.9 Å². The van der Waals surface area contributed by atoms with E-state index in [1.165, 1.54) is 11.6 Å². The van der Waals surface area contributed by atoms with Crippen molar-refractivity contribution in [1.29, 1.82) is 0 Å². The number of carbonyl (C=O) groups is 2. The zero-order valence-electron chi connectivity index (χ0n) is 22.7. The Kier molecular flexibility index (Phi) is 6.92. The van der Waals surface area contributed by atoms with Crippen LogP contribution in [-0.4, -0.2) is 78.5 Å². The van der Waals surface area contributed by atoms with Gasteiger partial charge >= 0.3 is 240 Å². The molecule has 6 rings (SSSR count). The number of nitrogens with zero attached hydrogens (tertiary/aromatic N) is 2. The van der Waals surface area contributed by atoms with Gasteiger partial charge < -0.3 is 0 Å². The molecule has 0 aliphatic carbocycles. The molecule has 206 valence electrons. The molecule has 1 spiro atoms. The normalized spacial score (nSPS) is 25.8. The van der Waals surface area contributed by atoms with Crippen LogP contribution in [0.25, 0.3) is 0 Å². The molecular weight excluding hydrogens is 575 g/mol.